The van der Waals surface area contributed by atoms with Gasteiger partial charge >= 0.3 is 0 Å². The zero-order chi connectivity index (χ0) is 16.9. The number of nitriles is 2. The van der Waals surface area contributed by atoms with Crippen molar-refractivity contribution in [3.63, 3.8) is 0 Å². The zero-order valence-electron chi connectivity index (χ0n) is 13.0. The van der Waals surface area contributed by atoms with E-state index in [4.69, 9.17) is 19.9 Å². The number of nitrogens with zero attached hydrogens (tertiary/aromatic N) is 3. The Bertz CT molecular complexity index is 774. The normalized spacial score (nSPS) is 33.1. The van der Waals surface area contributed by atoms with E-state index in [0.717, 1.165) is 5.56 Å². The van der Waals surface area contributed by atoms with Crippen LogP contribution in [0.25, 0.3) is 0 Å². The van der Waals surface area contributed by atoms with Gasteiger partial charge in [0.25, 0.3) is 5.91 Å². The molecule has 0 spiro atoms. The van der Waals surface area contributed by atoms with E-state index in [1.54, 1.807) is 25.3 Å². The number of fused-ring (bicyclic) bond motifs is 1. The van der Waals surface area contributed by atoms with Crippen molar-refractivity contribution >= 4 is 5.84 Å². The van der Waals surface area contributed by atoms with Crippen LogP contribution in [0.2, 0.25) is 0 Å². The largest absolute Gasteiger partial charge is 0.497 e. The number of aliphatic imine (C=N–C) groups is 1. The van der Waals surface area contributed by atoms with Crippen LogP contribution in [0, 0.1) is 33.5 Å². The van der Waals surface area contributed by atoms with Crippen molar-refractivity contribution in [2.24, 2.45) is 21.6 Å². The smallest absolute Gasteiger partial charge is 0.292 e. The van der Waals surface area contributed by atoms with Gasteiger partial charge in [0.15, 0.2) is 5.41 Å². The van der Waals surface area contributed by atoms with Gasteiger partial charge in [0, 0.05) is 20.1 Å². The number of nitrogens with two attached hydrogens (primary N) is 1. The van der Waals surface area contributed by atoms with Crippen LogP contribution in [-0.2, 0) is 9.47 Å². The van der Waals surface area contributed by atoms with E-state index in [9.17, 15) is 10.5 Å². The molecule has 2 aliphatic rings. The molecule has 23 heavy (non-hydrogen) atoms. The van der Waals surface area contributed by atoms with Crippen molar-refractivity contribution in [2.75, 3.05) is 21.3 Å². The Hall–Kier alpha value is -2.61. The minimum atomic E-state index is -1.60. The van der Waals surface area contributed by atoms with Gasteiger partial charge in [-0.05, 0) is 17.7 Å². The van der Waals surface area contributed by atoms with Crippen LogP contribution < -0.4 is 10.5 Å². The molecule has 1 aromatic rings. The number of ether oxygens (including phenoxy) is 3. The summed E-state index contributed by atoms with van der Waals surface area (Å²) in [5.74, 6) is -1.44. The maximum atomic E-state index is 9.92. The summed E-state index contributed by atoms with van der Waals surface area (Å²) in [7, 11) is 4.32. The molecule has 118 valence electrons. The van der Waals surface area contributed by atoms with Crippen molar-refractivity contribution in [2.45, 2.75) is 11.8 Å². The SMILES string of the molecule is COc1cccc([C@@H]2[C@]3(C#N)C(N)=NC(OC)(OC)[C@]23C#N)c1. The molecule has 2 N–H and O–H groups in total. The molecule has 7 nitrogen and oxygen atoms in total. The highest BCUT2D eigenvalue weighted by Gasteiger charge is 2.93. The standard InChI is InChI=1S/C16H16N4O3/c1-21-11-6-4-5-10(7-11)12-14(8-17)13(19)20-16(22-2,23-3)15(12,14)9-18/h4-7,12H,1-3H3,(H2,19,20)/t12-,14-,15-/m1/s1. The molecule has 1 aliphatic carbocycles. The molecule has 3 atom stereocenters. The Morgan fingerprint density at radius 2 is 1.87 bits per heavy atom. The number of hydrogen-bond donors (Lipinski definition) is 1. The molecule has 1 saturated carbocycles. The van der Waals surface area contributed by atoms with Crippen molar-refractivity contribution in [1.29, 1.82) is 10.5 Å². The molecule has 7 heteroatoms. The molecule has 0 aromatic heterocycles. The first kappa shape index (κ1) is 15.3. The predicted octanol–water partition coefficient (Wildman–Crippen LogP) is 1.13. The summed E-state index contributed by atoms with van der Waals surface area (Å²) in [5.41, 5.74) is 4.17. The van der Waals surface area contributed by atoms with E-state index in [0.29, 0.717) is 5.75 Å². The fourth-order valence-electron chi connectivity index (χ4n) is 3.84. The lowest BCUT2D eigenvalue weighted by molar-refractivity contribution is -0.230. The maximum absolute atomic E-state index is 9.92. The summed E-state index contributed by atoms with van der Waals surface area (Å²) in [6.45, 7) is 0. The lowest BCUT2D eigenvalue weighted by Crippen LogP contribution is -2.41. The Morgan fingerprint density at radius 3 is 2.39 bits per heavy atom. The minimum Gasteiger partial charge on any atom is -0.497 e. The third-order valence-electron chi connectivity index (χ3n) is 4.91. The van der Waals surface area contributed by atoms with E-state index < -0.39 is 22.7 Å². The molecule has 0 radical (unpaired) electrons. The Labute approximate surface area is 133 Å². The molecule has 0 saturated heterocycles. The summed E-state index contributed by atoms with van der Waals surface area (Å²) in [5, 5.41) is 19.7. The number of rotatable bonds is 4. The summed E-state index contributed by atoms with van der Waals surface area (Å²) in [6.07, 6.45) is 0. The van der Waals surface area contributed by atoms with E-state index in [-0.39, 0.29) is 5.84 Å². The number of amidine groups is 1. The summed E-state index contributed by atoms with van der Waals surface area (Å²) < 4.78 is 16.0. The van der Waals surface area contributed by atoms with E-state index >= 15 is 0 Å². The highest BCUT2D eigenvalue weighted by Crippen LogP contribution is 2.81. The molecular weight excluding hydrogens is 296 g/mol. The van der Waals surface area contributed by atoms with Gasteiger partial charge in [0.1, 0.15) is 17.0 Å². The van der Waals surface area contributed by atoms with Crippen LogP contribution in [-0.4, -0.2) is 33.1 Å². The molecular formula is C16H16N4O3. The highest BCUT2D eigenvalue weighted by molar-refractivity contribution is 6.00. The average Bonchev–Trinajstić information content (AvgIpc) is 3.18. The second kappa shape index (κ2) is 4.69. The van der Waals surface area contributed by atoms with Crippen LogP contribution in [0.5, 0.6) is 5.75 Å². The van der Waals surface area contributed by atoms with Crippen LogP contribution >= 0.6 is 0 Å². The minimum absolute atomic E-state index is 0.0538. The van der Waals surface area contributed by atoms with Gasteiger partial charge in [0.2, 0.25) is 0 Å². The average molecular weight is 312 g/mol. The fourth-order valence-corrected chi connectivity index (χ4v) is 3.84. The number of benzene rings is 1. The van der Waals surface area contributed by atoms with Gasteiger partial charge in [-0.2, -0.15) is 10.5 Å². The van der Waals surface area contributed by atoms with Gasteiger partial charge in [0.05, 0.1) is 19.2 Å². The van der Waals surface area contributed by atoms with Gasteiger partial charge in [-0.3, -0.25) is 0 Å². The van der Waals surface area contributed by atoms with E-state index in [1.807, 2.05) is 6.07 Å². The predicted molar refractivity (Wildman–Crippen MR) is 80.2 cm³/mol. The second-order valence-electron chi connectivity index (χ2n) is 5.54. The molecule has 0 amide bonds. The van der Waals surface area contributed by atoms with Crippen molar-refractivity contribution < 1.29 is 14.2 Å². The van der Waals surface area contributed by atoms with Crippen LogP contribution in [0.15, 0.2) is 29.3 Å². The highest BCUT2D eigenvalue weighted by atomic mass is 16.7. The zero-order valence-corrected chi connectivity index (χ0v) is 13.0. The fraction of sp³-hybridized carbons (Fsp3) is 0.438. The van der Waals surface area contributed by atoms with Crippen LogP contribution in [0.1, 0.15) is 11.5 Å². The van der Waals surface area contributed by atoms with Crippen LogP contribution in [0.4, 0.5) is 0 Å². The molecule has 1 fully saturated rings. The topological polar surface area (TPSA) is 114 Å². The molecule has 1 aromatic carbocycles. The Kier molecular flexibility index (Phi) is 3.12. The molecule has 0 unspecified atom stereocenters. The quantitative estimate of drug-likeness (QED) is 0.834. The molecule has 0 bridgehead atoms. The first-order chi connectivity index (χ1) is 11.0. The summed E-state index contributed by atoms with van der Waals surface area (Å²) in [6, 6.07) is 11.6. The van der Waals surface area contributed by atoms with Gasteiger partial charge in [-0.1, -0.05) is 12.1 Å². The third kappa shape index (κ3) is 1.41. The van der Waals surface area contributed by atoms with Gasteiger partial charge in [-0.15, -0.1) is 0 Å². The molecule has 1 aliphatic heterocycles. The lowest BCUT2D eigenvalue weighted by Gasteiger charge is -2.29. The van der Waals surface area contributed by atoms with Crippen molar-refractivity contribution in [3.8, 4) is 17.9 Å². The van der Waals surface area contributed by atoms with E-state index in [1.165, 1.54) is 14.2 Å². The van der Waals surface area contributed by atoms with Crippen LogP contribution in [0.3, 0.4) is 0 Å². The summed E-state index contributed by atoms with van der Waals surface area (Å²) >= 11 is 0. The van der Waals surface area contributed by atoms with Gasteiger partial charge in [-0.25, -0.2) is 4.99 Å². The second-order valence-corrected chi connectivity index (χ2v) is 5.54. The Balaban J connectivity index is 2.23. The Morgan fingerprint density at radius 1 is 1.17 bits per heavy atom. The number of hydrogen-bond acceptors (Lipinski definition) is 7. The maximum Gasteiger partial charge on any atom is 0.292 e. The van der Waals surface area contributed by atoms with E-state index in [2.05, 4.69) is 17.1 Å². The first-order valence-corrected chi connectivity index (χ1v) is 6.96. The van der Waals surface area contributed by atoms with Gasteiger partial charge < -0.3 is 19.9 Å². The molecule has 1 heterocycles. The monoisotopic (exact) mass is 312 g/mol. The third-order valence-corrected chi connectivity index (χ3v) is 4.91. The van der Waals surface area contributed by atoms with Crippen molar-refractivity contribution in [3.05, 3.63) is 29.8 Å². The van der Waals surface area contributed by atoms with Crippen molar-refractivity contribution in [1.82, 2.24) is 0 Å². The number of methoxy groups -OCH3 is 3. The molecule has 3 rings (SSSR count). The summed E-state index contributed by atoms with van der Waals surface area (Å²) in [4.78, 5) is 4.17. The first-order valence-electron chi connectivity index (χ1n) is 6.96. The lowest BCUT2D eigenvalue weighted by atomic mass is 9.93.